The van der Waals surface area contributed by atoms with E-state index < -0.39 is 0 Å². The van der Waals surface area contributed by atoms with Crippen molar-refractivity contribution in [2.45, 2.75) is 222 Å². The van der Waals surface area contributed by atoms with Crippen LogP contribution in [0.1, 0.15) is 176 Å². The molecular weight excluding hydrogens is 1150 g/mol. The summed E-state index contributed by atoms with van der Waals surface area (Å²) in [5.41, 5.74) is 27.5. The van der Waals surface area contributed by atoms with Gasteiger partial charge in [-0.1, -0.05) is 5.16 Å². The fourth-order valence-corrected chi connectivity index (χ4v) is 11.3. The molecule has 0 aliphatic rings. The molecule has 10 heterocycles. The summed E-state index contributed by atoms with van der Waals surface area (Å²) in [7, 11) is 7.87. The molecule has 10 rings (SSSR count). The first-order valence-electron chi connectivity index (χ1n) is 29.1. The van der Waals surface area contributed by atoms with Crippen LogP contribution in [0, 0.1) is 222 Å². The Labute approximate surface area is 535 Å². The van der Waals surface area contributed by atoms with Crippen molar-refractivity contribution in [2.75, 3.05) is 0 Å². The second-order valence-electron chi connectivity index (χ2n) is 22.3. The average molecular weight is 1250 g/mol. The molecule has 0 amide bonds. The van der Waals surface area contributed by atoms with Crippen molar-refractivity contribution >= 4 is 45.5 Å². The molecule has 0 aliphatic carbocycles. The summed E-state index contributed by atoms with van der Waals surface area (Å²) in [6.07, 6.45) is 0. The Bertz CT molecular complexity index is 3010. The van der Waals surface area contributed by atoms with E-state index in [-0.39, 0.29) is 0 Å². The number of hydrogen-bond donors (Lipinski definition) is 0. The Morgan fingerprint density at radius 3 is 0.674 bits per heavy atom. The summed E-state index contributed by atoms with van der Waals surface area (Å²) in [6.45, 7) is 66.2. The van der Waals surface area contributed by atoms with Gasteiger partial charge in [0.25, 0.3) is 0 Å². The van der Waals surface area contributed by atoms with E-state index in [2.05, 4.69) is 171 Å². The SMILES string of the molecule is Cc1nc(C)c(C)o1.Cc1nc(C)c(C)s1.Cc1nn(C)c(C)c1C.Cc1nn(C)c(C)c1C.Cc1nn(C)c(C)c1C.Cc1nn(C)c(C)c1C.Cc1noc(C)c1C.Cc1nsc(C)c1C.Cc1sc(C)c(C)c1C.Cc1sc(C)c(C)c1C. The lowest BCUT2D eigenvalue weighted by atomic mass is 10.2. The van der Waals surface area contributed by atoms with E-state index in [1.165, 1.54) is 119 Å². The van der Waals surface area contributed by atoms with E-state index in [9.17, 15) is 0 Å². The summed E-state index contributed by atoms with van der Waals surface area (Å²) in [5.74, 6) is 2.59. The van der Waals surface area contributed by atoms with Gasteiger partial charge in [-0.15, -0.1) is 34.0 Å². The predicted molar refractivity (Wildman–Crippen MR) is 370 cm³/mol. The van der Waals surface area contributed by atoms with E-state index in [0.29, 0.717) is 0 Å². The molecule has 0 aromatic carbocycles. The number of thiazole rings is 1. The fourth-order valence-electron chi connectivity index (χ4n) is 7.66. The molecule has 0 aliphatic heterocycles. The number of aromatic nitrogens is 12. The van der Waals surface area contributed by atoms with Crippen LogP contribution in [0.5, 0.6) is 0 Å². The standard InChI is InChI=1S/2C8H12S.4C7H12N2.2C6H9NO.2C6H9NS/c2*1-5-6(2)8(4)9-7(5)3;4*1-5-6(2)8-9(4)7(5)3;1-4-5(2)8-6(3)7-4;1-4-5(2)7-8-6(4)3;1-4-5(2)8-6(3)7-4;1-4-5(2)7-8-6(4)3/h6*1-4H3;4*1-3H3. The number of aryl methyl sites for hydroxylation is 22. The minimum Gasteiger partial charge on any atom is -0.446 e. The van der Waals surface area contributed by atoms with Gasteiger partial charge in [-0.2, -0.15) is 24.8 Å². The zero-order valence-corrected chi connectivity index (χ0v) is 63.1. The Hall–Kier alpha value is -6.08. The Balaban J connectivity index is 0.000000478. The highest BCUT2D eigenvalue weighted by atomic mass is 32.1. The highest BCUT2D eigenvalue weighted by molar-refractivity contribution is 7.12. The fraction of sp³-hybridized carbons (Fsp3) is 0.529. The topological polar surface area (TPSA) is 149 Å². The molecule has 10 aromatic heterocycles. The minimum atomic E-state index is 0.750. The minimum absolute atomic E-state index is 0.750. The average Bonchev–Trinajstić information content (AvgIpc) is 4.54. The molecule has 86 heavy (non-hydrogen) atoms. The van der Waals surface area contributed by atoms with Gasteiger partial charge < -0.3 is 8.94 Å². The maximum atomic E-state index is 5.10. The van der Waals surface area contributed by atoms with Crippen LogP contribution in [0.25, 0.3) is 0 Å². The van der Waals surface area contributed by atoms with Crippen molar-refractivity contribution in [1.29, 1.82) is 0 Å². The van der Waals surface area contributed by atoms with Gasteiger partial charge in [0.05, 0.1) is 50.6 Å². The van der Waals surface area contributed by atoms with Gasteiger partial charge >= 0.3 is 0 Å². The zero-order valence-electron chi connectivity index (χ0n) is 59.8. The summed E-state index contributed by atoms with van der Waals surface area (Å²) >= 11 is 7.13. The number of hydrogen-bond acceptors (Lipinski definition) is 14. The molecule has 18 heteroatoms. The number of rotatable bonds is 0. The third-order valence-electron chi connectivity index (χ3n) is 16.4. The van der Waals surface area contributed by atoms with Gasteiger partial charge in [0.15, 0.2) is 5.89 Å². The highest BCUT2D eigenvalue weighted by Crippen LogP contribution is 2.26. The van der Waals surface area contributed by atoms with E-state index in [0.717, 1.165) is 57.1 Å². The van der Waals surface area contributed by atoms with E-state index in [4.69, 9.17) is 8.94 Å². The molecule has 14 nitrogen and oxygen atoms in total. The van der Waals surface area contributed by atoms with Crippen molar-refractivity contribution in [2.24, 2.45) is 28.2 Å². The Kier molecular flexibility index (Phi) is 32.3. The maximum absolute atomic E-state index is 5.10. The molecule has 0 saturated carbocycles. The number of nitrogens with zero attached hydrogens (tertiary/aromatic N) is 12. The van der Waals surface area contributed by atoms with Crippen molar-refractivity contribution in [3.05, 3.63) is 176 Å². The second-order valence-corrected chi connectivity index (χ2v) is 27.5. The maximum Gasteiger partial charge on any atom is 0.191 e. The lowest BCUT2D eigenvalue weighted by Crippen LogP contribution is -1.92. The predicted octanol–water partition coefficient (Wildman–Crippen LogP) is 18.7. The molecule has 0 spiro atoms. The van der Waals surface area contributed by atoms with Crippen LogP contribution in [0.2, 0.25) is 0 Å². The summed E-state index contributed by atoms with van der Waals surface area (Å²) < 4.78 is 21.7. The third-order valence-corrected chi connectivity index (χ3v) is 20.8. The molecule has 0 radical (unpaired) electrons. The van der Waals surface area contributed by atoms with Gasteiger partial charge in [0.1, 0.15) is 11.5 Å². The van der Waals surface area contributed by atoms with Crippen molar-refractivity contribution in [1.82, 2.24) is 58.6 Å². The molecule has 0 unspecified atom stereocenters. The zero-order chi connectivity index (χ0) is 66.7. The summed E-state index contributed by atoms with van der Waals surface area (Å²) in [6, 6.07) is 0. The van der Waals surface area contributed by atoms with Gasteiger partial charge in [0, 0.05) is 92.7 Å². The van der Waals surface area contributed by atoms with E-state index in [1.807, 2.05) is 160 Å². The quantitative estimate of drug-likeness (QED) is 0.144. The van der Waals surface area contributed by atoms with Gasteiger partial charge in [-0.3, -0.25) is 18.7 Å². The van der Waals surface area contributed by atoms with Crippen LogP contribution in [0.4, 0.5) is 0 Å². The van der Waals surface area contributed by atoms with E-state index in [1.54, 1.807) is 22.9 Å². The van der Waals surface area contributed by atoms with Crippen LogP contribution in [-0.2, 0) is 28.2 Å². The van der Waals surface area contributed by atoms with Crippen LogP contribution in [0.15, 0.2) is 8.94 Å². The smallest absolute Gasteiger partial charge is 0.191 e. The number of oxazole rings is 1. The van der Waals surface area contributed by atoms with Gasteiger partial charge in [-0.05, 0) is 276 Å². The number of thiophene rings is 2. The first-order chi connectivity index (χ1) is 39.6. The van der Waals surface area contributed by atoms with Gasteiger partial charge in [-0.25, -0.2) is 9.97 Å². The van der Waals surface area contributed by atoms with Crippen molar-refractivity contribution in [3.8, 4) is 0 Å². The molecule has 476 valence electrons. The van der Waals surface area contributed by atoms with Crippen molar-refractivity contribution in [3.63, 3.8) is 0 Å². The highest BCUT2D eigenvalue weighted by Gasteiger charge is 2.07. The normalized spacial score (nSPS) is 10.1. The summed E-state index contributed by atoms with van der Waals surface area (Å²) in [5, 5.41) is 21.8. The lowest BCUT2D eigenvalue weighted by Gasteiger charge is -1.90. The first-order valence-corrected chi connectivity index (χ1v) is 32.3. The third kappa shape index (κ3) is 23.5. The molecule has 0 atom stereocenters. The monoisotopic (exact) mass is 1250 g/mol. The first kappa shape index (κ1) is 77.9. The second kappa shape index (κ2) is 35.7. The lowest BCUT2D eigenvalue weighted by molar-refractivity contribution is 0.392. The van der Waals surface area contributed by atoms with Crippen LogP contribution >= 0.6 is 45.5 Å². The van der Waals surface area contributed by atoms with Crippen LogP contribution in [-0.4, -0.2) is 58.6 Å². The van der Waals surface area contributed by atoms with Crippen LogP contribution in [0.3, 0.4) is 0 Å². The molecule has 0 fully saturated rings. The summed E-state index contributed by atoms with van der Waals surface area (Å²) in [4.78, 5) is 16.8. The Morgan fingerprint density at radius 2 is 0.605 bits per heavy atom. The van der Waals surface area contributed by atoms with Crippen molar-refractivity contribution < 1.29 is 8.94 Å². The molecule has 10 aromatic rings. The molecule has 0 N–H and O–H groups in total. The van der Waals surface area contributed by atoms with Gasteiger partial charge in [0.2, 0.25) is 0 Å². The molecular formula is C68H108N12O2S4. The molecule has 0 bridgehead atoms. The van der Waals surface area contributed by atoms with E-state index >= 15 is 0 Å². The molecule has 0 saturated heterocycles. The Morgan fingerprint density at radius 1 is 0.279 bits per heavy atom. The largest absolute Gasteiger partial charge is 0.446 e. The van der Waals surface area contributed by atoms with Crippen LogP contribution < -0.4 is 0 Å².